The minimum Gasteiger partial charge on any atom is -0.508 e. The molecule has 132 valence electrons. The molecule has 4 rings (SSSR count). The molecule has 2 N–H and O–H groups in total. The topological polar surface area (TPSA) is 91.7 Å². The average molecular weight is 358 g/mol. The highest BCUT2D eigenvalue weighted by molar-refractivity contribution is 6.07. The number of ketones is 1. The summed E-state index contributed by atoms with van der Waals surface area (Å²) in [7, 11) is 0. The number of benzene rings is 2. The fraction of sp³-hybridized carbons (Fsp3) is 0.0455. The van der Waals surface area contributed by atoms with Crippen LogP contribution in [0.25, 0.3) is 5.57 Å². The molecule has 0 bridgehead atoms. The van der Waals surface area contributed by atoms with Crippen LogP contribution in [0.3, 0.4) is 0 Å². The van der Waals surface area contributed by atoms with Crippen LogP contribution in [0, 0.1) is 0 Å². The number of rotatable bonds is 3. The number of allylic oxidation sites excluding steroid dienone is 5. The summed E-state index contributed by atoms with van der Waals surface area (Å²) in [6.07, 6.45) is 5.74. The van der Waals surface area contributed by atoms with Gasteiger partial charge in [0.15, 0.2) is 5.78 Å². The minimum absolute atomic E-state index is 0.00711. The Labute approximate surface area is 154 Å². The molecule has 0 aromatic heterocycles. The van der Waals surface area contributed by atoms with E-state index in [-0.39, 0.29) is 22.7 Å². The van der Waals surface area contributed by atoms with Gasteiger partial charge in [0.05, 0.1) is 5.56 Å². The van der Waals surface area contributed by atoms with E-state index in [0.29, 0.717) is 23.8 Å². The van der Waals surface area contributed by atoms with Gasteiger partial charge in [0.1, 0.15) is 12.0 Å². The van der Waals surface area contributed by atoms with Crippen molar-refractivity contribution in [2.75, 3.05) is 0 Å². The standard InChI is InChI=1S/C22H14O5/c23-11-12-1-4-19(20(7-12)22(26)27)21-17-5-2-15(24)9-13(17)8-14-10-16(25)3-6-18(14)21/h1-7,9-11,24H,8H2,(H,26,27). The van der Waals surface area contributed by atoms with Crippen LogP contribution in [0.1, 0.15) is 37.4 Å². The summed E-state index contributed by atoms with van der Waals surface area (Å²) in [5, 5.41) is 19.5. The third-order valence-electron chi connectivity index (χ3n) is 4.76. The number of hydrogen-bond acceptors (Lipinski definition) is 4. The van der Waals surface area contributed by atoms with Crippen molar-refractivity contribution >= 4 is 23.6 Å². The Morgan fingerprint density at radius 1 is 1.04 bits per heavy atom. The number of phenols is 1. The monoisotopic (exact) mass is 358 g/mol. The summed E-state index contributed by atoms with van der Waals surface area (Å²) in [5.41, 5.74) is 4.54. The van der Waals surface area contributed by atoms with Crippen LogP contribution in [0.2, 0.25) is 0 Å². The van der Waals surface area contributed by atoms with E-state index in [4.69, 9.17) is 0 Å². The summed E-state index contributed by atoms with van der Waals surface area (Å²) in [4.78, 5) is 34.8. The van der Waals surface area contributed by atoms with Crippen molar-refractivity contribution in [3.05, 3.63) is 93.6 Å². The van der Waals surface area contributed by atoms with E-state index in [1.165, 1.54) is 18.2 Å². The van der Waals surface area contributed by atoms with Gasteiger partial charge >= 0.3 is 5.97 Å². The SMILES string of the molecule is O=Cc1ccc(C2=C3C=CC(=O)C=C3Cc3cc(O)ccc32)c(C(=O)O)c1. The first-order chi connectivity index (χ1) is 13.0. The molecule has 2 aliphatic carbocycles. The zero-order valence-electron chi connectivity index (χ0n) is 14.1. The van der Waals surface area contributed by atoms with Crippen LogP contribution < -0.4 is 0 Å². The lowest BCUT2D eigenvalue weighted by molar-refractivity contribution is -0.110. The smallest absolute Gasteiger partial charge is 0.336 e. The van der Waals surface area contributed by atoms with Gasteiger partial charge in [-0.1, -0.05) is 24.3 Å². The number of fused-ring (bicyclic) bond motifs is 2. The Morgan fingerprint density at radius 2 is 1.81 bits per heavy atom. The predicted molar refractivity (Wildman–Crippen MR) is 98.9 cm³/mol. The van der Waals surface area contributed by atoms with Gasteiger partial charge in [-0.2, -0.15) is 0 Å². The highest BCUT2D eigenvalue weighted by Gasteiger charge is 2.27. The number of carboxylic acids is 1. The van der Waals surface area contributed by atoms with Crippen molar-refractivity contribution < 1.29 is 24.6 Å². The molecule has 0 atom stereocenters. The summed E-state index contributed by atoms with van der Waals surface area (Å²) in [5.74, 6) is -1.18. The molecular weight excluding hydrogens is 344 g/mol. The van der Waals surface area contributed by atoms with Crippen LogP contribution >= 0.6 is 0 Å². The normalized spacial score (nSPS) is 15.1. The quantitative estimate of drug-likeness (QED) is 0.821. The van der Waals surface area contributed by atoms with E-state index >= 15 is 0 Å². The van der Waals surface area contributed by atoms with Crippen molar-refractivity contribution in [3.8, 4) is 5.75 Å². The van der Waals surface area contributed by atoms with Crippen molar-refractivity contribution in [1.29, 1.82) is 0 Å². The number of aldehydes is 1. The molecule has 0 unspecified atom stereocenters. The van der Waals surface area contributed by atoms with Crippen molar-refractivity contribution in [1.82, 2.24) is 0 Å². The zero-order chi connectivity index (χ0) is 19.1. The molecule has 0 fully saturated rings. The maximum absolute atomic E-state index is 11.8. The Morgan fingerprint density at radius 3 is 2.56 bits per heavy atom. The minimum atomic E-state index is -1.14. The maximum atomic E-state index is 11.8. The lowest BCUT2D eigenvalue weighted by Crippen LogP contribution is -2.14. The molecular formula is C22H14O5. The Kier molecular flexibility index (Phi) is 3.85. The number of aromatic carboxylic acids is 1. The fourth-order valence-corrected chi connectivity index (χ4v) is 3.60. The number of aromatic hydroxyl groups is 1. The first kappa shape index (κ1) is 16.7. The van der Waals surface area contributed by atoms with Crippen molar-refractivity contribution in [2.24, 2.45) is 0 Å². The summed E-state index contributed by atoms with van der Waals surface area (Å²) >= 11 is 0. The van der Waals surface area contributed by atoms with E-state index in [2.05, 4.69) is 0 Å². The molecule has 27 heavy (non-hydrogen) atoms. The molecule has 0 aliphatic heterocycles. The lowest BCUT2D eigenvalue weighted by Gasteiger charge is -2.27. The second-order valence-corrected chi connectivity index (χ2v) is 6.44. The third-order valence-corrected chi connectivity index (χ3v) is 4.76. The number of carboxylic acid groups (broad SMARTS) is 1. The molecule has 0 amide bonds. The molecule has 5 heteroatoms. The summed E-state index contributed by atoms with van der Waals surface area (Å²) in [6, 6.07) is 9.43. The molecule has 2 aromatic rings. The van der Waals surface area contributed by atoms with E-state index in [0.717, 1.165) is 22.3 Å². The Bertz CT molecular complexity index is 1120. The number of phenolic OH excluding ortho intramolecular Hbond substituents is 1. The predicted octanol–water partition coefficient (Wildman–Crippen LogP) is 3.33. The highest BCUT2D eigenvalue weighted by atomic mass is 16.4. The van der Waals surface area contributed by atoms with Gasteiger partial charge in [0, 0.05) is 5.56 Å². The summed E-state index contributed by atoms with van der Waals surface area (Å²) < 4.78 is 0. The second-order valence-electron chi connectivity index (χ2n) is 6.44. The molecule has 0 saturated heterocycles. The van der Waals surface area contributed by atoms with E-state index < -0.39 is 5.97 Å². The van der Waals surface area contributed by atoms with Crippen molar-refractivity contribution in [3.63, 3.8) is 0 Å². The van der Waals surface area contributed by atoms with Gasteiger partial charge < -0.3 is 10.2 Å². The number of carbonyl (C=O) groups excluding carboxylic acids is 2. The van der Waals surface area contributed by atoms with Crippen LogP contribution in [-0.4, -0.2) is 28.3 Å². The van der Waals surface area contributed by atoms with E-state index in [9.17, 15) is 24.6 Å². The van der Waals surface area contributed by atoms with E-state index in [1.54, 1.807) is 36.4 Å². The van der Waals surface area contributed by atoms with Gasteiger partial charge in [-0.25, -0.2) is 4.79 Å². The van der Waals surface area contributed by atoms with Crippen LogP contribution in [0.15, 0.2) is 65.8 Å². The Balaban J connectivity index is 2.07. The van der Waals surface area contributed by atoms with Crippen molar-refractivity contribution in [2.45, 2.75) is 6.42 Å². The number of hydrogen-bond donors (Lipinski definition) is 2. The molecule has 0 spiro atoms. The third kappa shape index (κ3) is 2.79. The zero-order valence-corrected chi connectivity index (χ0v) is 14.1. The fourth-order valence-electron chi connectivity index (χ4n) is 3.60. The average Bonchev–Trinajstić information content (AvgIpc) is 2.65. The largest absolute Gasteiger partial charge is 0.508 e. The molecule has 5 nitrogen and oxygen atoms in total. The van der Waals surface area contributed by atoms with E-state index in [1.807, 2.05) is 0 Å². The molecule has 0 heterocycles. The van der Waals surface area contributed by atoms with Crippen LogP contribution in [0.5, 0.6) is 5.75 Å². The van der Waals surface area contributed by atoms with Crippen LogP contribution in [-0.2, 0) is 11.2 Å². The maximum Gasteiger partial charge on any atom is 0.336 e. The van der Waals surface area contributed by atoms with Crippen LogP contribution in [0.4, 0.5) is 0 Å². The first-order valence-electron chi connectivity index (χ1n) is 8.30. The van der Waals surface area contributed by atoms with Gasteiger partial charge in [0.2, 0.25) is 0 Å². The van der Waals surface area contributed by atoms with Gasteiger partial charge in [-0.3, -0.25) is 9.59 Å². The lowest BCUT2D eigenvalue weighted by atomic mass is 9.76. The Hall–Kier alpha value is -3.73. The molecule has 0 radical (unpaired) electrons. The molecule has 2 aliphatic rings. The molecule has 2 aromatic carbocycles. The number of carbonyl (C=O) groups is 3. The van der Waals surface area contributed by atoms with Gasteiger partial charge in [-0.15, -0.1) is 0 Å². The highest BCUT2D eigenvalue weighted by Crippen LogP contribution is 2.42. The molecule has 0 saturated carbocycles. The summed E-state index contributed by atoms with van der Waals surface area (Å²) in [6.45, 7) is 0. The van der Waals surface area contributed by atoms with Gasteiger partial charge in [-0.05, 0) is 70.2 Å². The first-order valence-corrected chi connectivity index (χ1v) is 8.30. The second kappa shape index (κ2) is 6.21. The van der Waals surface area contributed by atoms with Gasteiger partial charge in [0.25, 0.3) is 0 Å².